The lowest BCUT2D eigenvalue weighted by Gasteiger charge is -2.20. The zero-order chi connectivity index (χ0) is 11.1. The number of rotatable bonds is 5. The van der Waals surface area contributed by atoms with Crippen molar-refractivity contribution >= 4 is 5.91 Å². The van der Waals surface area contributed by atoms with Gasteiger partial charge in [-0.2, -0.15) is 0 Å². The molecule has 0 aliphatic heterocycles. The molecule has 14 heavy (non-hydrogen) atoms. The SMILES string of the molecule is C#CCC(NC(C)C)C(=O)NC(C)C. The Hall–Kier alpha value is -1.01. The van der Waals surface area contributed by atoms with Gasteiger partial charge in [-0.3, -0.25) is 4.79 Å². The maximum Gasteiger partial charge on any atom is 0.238 e. The summed E-state index contributed by atoms with van der Waals surface area (Å²) in [5, 5.41) is 5.97. The Kier molecular flexibility index (Phi) is 5.98. The molecule has 0 saturated carbocycles. The summed E-state index contributed by atoms with van der Waals surface area (Å²) in [4.78, 5) is 11.6. The van der Waals surface area contributed by atoms with Crippen LogP contribution in [0.1, 0.15) is 34.1 Å². The molecule has 0 bridgehead atoms. The van der Waals surface area contributed by atoms with Crippen LogP contribution in [-0.2, 0) is 4.79 Å². The van der Waals surface area contributed by atoms with Crippen molar-refractivity contribution in [3.8, 4) is 12.3 Å². The van der Waals surface area contributed by atoms with Gasteiger partial charge in [-0.1, -0.05) is 13.8 Å². The topological polar surface area (TPSA) is 41.1 Å². The highest BCUT2D eigenvalue weighted by Crippen LogP contribution is 1.94. The van der Waals surface area contributed by atoms with Crippen molar-refractivity contribution in [2.45, 2.75) is 52.2 Å². The molecule has 3 nitrogen and oxygen atoms in total. The third-order valence-electron chi connectivity index (χ3n) is 1.60. The molecule has 0 aliphatic rings. The summed E-state index contributed by atoms with van der Waals surface area (Å²) in [6.07, 6.45) is 5.63. The summed E-state index contributed by atoms with van der Waals surface area (Å²) < 4.78 is 0. The Balaban J connectivity index is 4.19. The van der Waals surface area contributed by atoms with Crippen LogP contribution in [0.2, 0.25) is 0 Å². The molecule has 2 N–H and O–H groups in total. The lowest BCUT2D eigenvalue weighted by molar-refractivity contribution is -0.123. The van der Waals surface area contributed by atoms with Crippen LogP contribution in [0.5, 0.6) is 0 Å². The van der Waals surface area contributed by atoms with Gasteiger partial charge in [-0.05, 0) is 13.8 Å². The molecule has 1 unspecified atom stereocenters. The van der Waals surface area contributed by atoms with Crippen LogP contribution >= 0.6 is 0 Å². The largest absolute Gasteiger partial charge is 0.353 e. The highest BCUT2D eigenvalue weighted by molar-refractivity contribution is 5.82. The van der Waals surface area contributed by atoms with E-state index in [-0.39, 0.29) is 24.0 Å². The smallest absolute Gasteiger partial charge is 0.238 e. The van der Waals surface area contributed by atoms with Crippen molar-refractivity contribution in [3.63, 3.8) is 0 Å². The molecular weight excluding hydrogens is 176 g/mol. The Morgan fingerprint density at radius 1 is 1.29 bits per heavy atom. The number of hydrogen-bond donors (Lipinski definition) is 2. The highest BCUT2D eigenvalue weighted by Gasteiger charge is 2.18. The fourth-order valence-corrected chi connectivity index (χ4v) is 1.13. The van der Waals surface area contributed by atoms with Gasteiger partial charge in [0.2, 0.25) is 5.91 Å². The lowest BCUT2D eigenvalue weighted by atomic mass is 10.1. The number of nitrogens with one attached hydrogen (secondary N) is 2. The van der Waals surface area contributed by atoms with Crippen molar-refractivity contribution < 1.29 is 4.79 Å². The summed E-state index contributed by atoms with van der Waals surface area (Å²) >= 11 is 0. The molecule has 0 rings (SSSR count). The third-order valence-corrected chi connectivity index (χ3v) is 1.60. The molecule has 0 aromatic heterocycles. The van der Waals surface area contributed by atoms with Crippen molar-refractivity contribution in [3.05, 3.63) is 0 Å². The van der Waals surface area contributed by atoms with Crippen LogP contribution in [0.25, 0.3) is 0 Å². The molecule has 1 amide bonds. The minimum absolute atomic E-state index is 0.0216. The molecule has 0 aromatic rings. The van der Waals surface area contributed by atoms with Crippen LogP contribution in [-0.4, -0.2) is 24.0 Å². The molecule has 0 heterocycles. The van der Waals surface area contributed by atoms with Gasteiger partial charge >= 0.3 is 0 Å². The van der Waals surface area contributed by atoms with Crippen LogP contribution in [0.4, 0.5) is 0 Å². The molecule has 1 atom stereocenters. The first-order valence-corrected chi connectivity index (χ1v) is 4.97. The summed E-state index contributed by atoms with van der Waals surface area (Å²) in [6.45, 7) is 7.85. The molecule has 0 fully saturated rings. The van der Waals surface area contributed by atoms with E-state index < -0.39 is 0 Å². The lowest BCUT2D eigenvalue weighted by Crippen LogP contribution is -2.48. The second-order valence-corrected chi connectivity index (χ2v) is 3.95. The Labute approximate surface area is 86.6 Å². The molecule has 0 spiro atoms. The average Bonchev–Trinajstić information content (AvgIpc) is 2.01. The van der Waals surface area contributed by atoms with Gasteiger partial charge in [0.25, 0.3) is 0 Å². The first-order valence-electron chi connectivity index (χ1n) is 4.97. The minimum atomic E-state index is -0.276. The molecular formula is C11H20N2O. The van der Waals surface area contributed by atoms with Gasteiger partial charge in [-0.15, -0.1) is 12.3 Å². The first kappa shape index (κ1) is 13.0. The summed E-state index contributed by atoms with van der Waals surface area (Å²) in [5.74, 6) is 2.48. The van der Waals surface area contributed by atoms with Crippen molar-refractivity contribution in [1.29, 1.82) is 0 Å². The Bertz CT molecular complexity index is 216. The summed E-state index contributed by atoms with van der Waals surface area (Å²) in [6, 6.07) is 0.130. The molecule has 0 saturated heterocycles. The van der Waals surface area contributed by atoms with Crippen molar-refractivity contribution in [1.82, 2.24) is 10.6 Å². The van der Waals surface area contributed by atoms with E-state index in [9.17, 15) is 4.79 Å². The van der Waals surface area contributed by atoms with Gasteiger partial charge in [0.1, 0.15) is 0 Å². The molecule has 0 radical (unpaired) electrons. The zero-order valence-electron chi connectivity index (χ0n) is 9.42. The number of carbonyl (C=O) groups excluding carboxylic acids is 1. The zero-order valence-corrected chi connectivity index (χ0v) is 9.42. The van der Waals surface area contributed by atoms with Crippen LogP contribution in [0.3, 0.4) is 0 Å². The Morgan fingerprint density at radius 2 is 1.86 bits per heavy atom. The monoisotopic (exact) mass is 196 g/mol. The van der Waals surface area contributed by atoms with E-state index >= 15 is 0 Å². The predicted molar refractivity (Wildman–Crippen MR) is 58.8 cm³/mol. The number of terminal acetylenes is 1. The standard InChI is InChI=1S/C11H20N2O/c1-6-7-10(12-8(2)3)11(14)13-9(4)5/h1,8-10,12H,7H2,2-5H3,(H,13,14). The van der Waals surface area contributed by atoms with E-state index in [4.69, 9.17) is 6.42 Å². The van der Waals surface area contributed by atoms with E-state index in [1.165, 1.54) is 0 Å². The van der Waals surface area contributed by atoms with Gasteiger partial charge in [0, 0.05) is 18.5 Å². The molecule has 80 valence electrons. The number of carbonyl (C=O) groups is 1. The van der Waals surface area contributed by atoms with E-state index in [1.54, 1.807) is 0 Å². The normalized spacial score (nSPS) is 12.6. The second-order valence-electron chi connectivity index (χ2n) is 3.95. The van der Waals surface area contributed by atoms with Crippen LogP contribution < -0.4 is 10.6 Å². The van der Waals surface area contributed by atoms with Crippen LogP contribution in [0, 0.1) is 12.3 Å². The number of amides is 1. The minimum Gasteiger partial charge on any atom is -0.353 e. The quantitative estimate of drug-likeness (QED) is 0.641. The van der Waals surface area contributed by atoms with Gasteiger partial charge in [-0.25, -0.2) is 0 Å². The maximum absolute atomic E-state index is 11.6. The Morgan fingerprint density at radius 3 is 2.21 bits per heavy atom. The number of hydrogen-bond acceptors (Lipinski definition) is 2. The predicted octanol–water partition coefficient (Wildman–Crippen LogP) is 0.901. The van der Waals surface area contributed by atoms with E-state index in [2.05, 4.69) is 16.6 Å². The summed E-state index contributed by atoms with van der Waals surface area (Å²) in [5.41, 5.74) is 0. The fourth-order valence-electron chi connectivity index (χ4n) is 1.13. The first-order chi connectivity index (χ1) is 6.47. The van der Waals surface area contributed by atoms with E-state index in [0.29, 0.717) is 6.42 Å². The van der Waals surface area contributed by atoms with Crippen LogP contribution in [0.15, 0.2) is 0 Å². The van der Waals surface area contributed by atoms with Gasteiger partial charge in [0.05, 0.1) is 6.04 Å². The van der Waals surface area contributed by atoms with Gasteiger partial charge in [0.15, 0.2) is 0 Å². The second kappa shape index (κ2) is 6.44. The summed E-state index contributed by atoms with van der Waals surface area (Å²) in [7, 11) is 0. The van der Waals surface area contributed by atoms with E-state index in [1.807, 2.05) is 27.7 Å². The highest BCUT2D eigenvalue weighted by atomic mass is 16.2. The van der Waals surface area contributed by atoms with E-state index in [0.717, 1.165) is 0 Å². The maximum atomic E-state index is 11.6. The fraction of sp³-hybridized carbons (Fsp3) is 0.727. The molecule has 0 aliphatic carbocycles. The van der Waals surface area contributed by atoms with Crippen molar-refractivity contribution in [2.75, 3.05) is 0 Å². The van der Waals surface area contributed by atoms with Crippen molar-refractivity contribution in [2.24, 2.45) is 0 Å². The molecule has 0 aromatic carbocycles. The van der Waals surface area contributed by atoms with Gasteiger partial charge < -0.3 is 10.6 Å². The average molecular weight is 196 g/mol. The third kappa shape index (κ3) is 5.60. The molecule has 3 heteroatoms.